The number of rotatable bonds is 2. The highest BCUT2D eigenvalue weighted by Gasteiger charge is 2.18. The van der Waals surface area contributed by atoms with Crippen LogP contribution in [0.15, 0.2) is 18.2 Å². The van der Waals surface area contributed by atoms with Crippen LogP contribution in [0.5, 0.6) is 0 Å². The van der Waals surface area contributed by atoms with Gasteiger partial charge in [0.25, 0.3) is 5.91 Å². The Morgan fingerprint density at radius 1 is 1.41 bits per heavy atom. The van der Waals surface area contributed by atoms with Crippen LogP contribution in [-0.4, -0.2) is 37.1 Å². The van der Waals surface area contributed by atoms with E-state index in [4.69, 9.17) is 4.74 Å². The number of hydrogen-bond donors (Lipinski definition) is 1. The minimum absolute atomic E-state index is 0.0844. The predicted octanol–water partition coefficient (Wildman–Crippen LogP) is 2.23. The number of carbonyl (C=O) groups is 1. The summed E-state index contributed by atoms with van der Waals surface area (Å²) >= 11 is 2.08. The zero-order valence-electron chi connectivity index (χ0n) is 9.70. The van der Waals surface area contributed by atoms with Crippen molar-refractivity contribution in [2.24, 2.45) is 0 Å². The molecule has 1 saturated heterocycles. The summed E-state index contributed by atoms with van der Waals surface area (Å²) in [6.07, 6.45) is 0. The van der Waals surface area contributed by atoms with E-state index in [2.05, 4.69) is 26.4 Å². The van der Waals surface area contributed by atoms with Crippen LogP contribution < -0.4 is 3.53 Å². The van der Waals surface area contributed by atoms with Gasteiger partial charge in [-0.3, -0.25) is 4.79 Å². The van der Waals surface area contributed by atoms with Crippen molar-refractivity contribution in [3.8, 4) is 0 Å². The van der Waals surface area contributed by atoms with Gasteiger partial charge in [0.05, 0.1) is 36.1 Å². The van der Waals surface area contributed by atoms with Crippen LogP contribution in [0.4, 0.5) is 5.69 Å². The van der Waals surface area contributed by atoms with E-state index in [9.17, 15) is 4.79 Å². The second kappa shape index (κ2) is 5.68. The van der Waals surface area contributed by atoms with Crippen LogP contribution in [0.3, 0.4) is 0 Å². The average molecular weight is 346 g/mol. The quantitative estimate of drug-likeness (QED) is 0.660. The summed E-state index contributed by atoms with van der Waals surface area (Å²) in [6.45, 7) is 4.65. The summed E-state index contributed by atoms with van der Waals surface area (Å²) in [7, 11) is 0. The van der Waals surface area contributed by atoms with E-state index in [0.29, 0.717) is 26.3 Å². The van der Waals surface area contributed by atoms with E-state index in [-0.39, 0.29) is 5.91 Å². The maximum Gasteiger partial charge on any atom is 0.254 e. The number of nitrogens with one attached hydrogen (secondary N) is 1. The van der Waals surface area contributed by atoms with Gasteiger partial charge in [0.2, 0.25) is 0 Å². The Bertz CT molecular complexity index is 417. The number of morpholine rings is 1. The molecule has 1 aromatic carbocycles. The van der Waals surface area contributed by atoms with Gasteiger partial charge in [0, 0.05) is 24.3 Å². The molecule has 1 aromatic rings. The van der Waals surface area contributed by atoms with Crippen LogP contribution in [0.1, 0.15) is 15.9 Å². The van der Waals surface area contributed by atoms with Crippen molar-refractivity contribution in [1.29, 1.82) is 0 Å². The molecule has 1 N–H and O–H groups in total. The van der Waals surface area contributed by atoms with Gasteiger partial charge >= 0.3 is 0 Å². The topological polar surface area (TPSA) is 41.6 Å². The molecule has 4 nitrogen and oxygen atoms in total. The third-order valence-corrected chi connectivity index (χ3v) is 3.47. The minimum Gasteiger partial charge on any atom is -0.378 e. The molecule has 0 saturated carbocycles. The van der Waals surface area contributed by atoms with E-state index in [1.54, 1.807) is 0 Å². The van der Waals surface area contributed by atoms with Crippen LogP contribution in [0, 0.1) is 6.92 Å². The third kappa shape index (κ3) is 2.90. The molecular formula is C12H15IN2O2. The highest BCUT2D eigenvalue weighted by atomic mass is 127. The molecule has 0 unspecified atom stereocenters. The van der Waals surface area contributed by atoms with Crippen LogP contribution in [-0.2, 0) is 4.74 Å². The number of hydrogen-bond acceptors (Lipinski definition) is 3. The lowest BCUT2D eigenvalue weighted by atomic mass is 10.1. The van der Waals surface area contributed by atoms with Crippen molar-refractivity contribution in [3.63, 3.8) is 0 Å². The third-order valence-electron chi connectivity index (χ3n) is 2.88. The van der Waals surface area contributed by atoms with Crippen molar-refractivity contribution in [2.45, 2.75) is 6.92 Å². The normalized spacial score (nSPS) is 15.8. The van der Waals surface area contributed by atoms with E-state index in [1.165, 1.54) is 0 Å². The second-order valence-electron chi connectivity index (χ2n) is 4.03. The maximum atomic E-state index is 12.2. The van der Waals surface area contributed by atoms with E-state index in [1.807, 2.05) is 30.0 Å². The molecular weight excluding hydrogens is 331 g/mol. The Kier molecular flexibility index (Phi) is 4.22. The molecule has 1 aliphatic heterocycles. The molecule has 0 aromatic heterocycles. The van der Waals surface area contributed by atoms with Gasteiger partial charge in [-0.05, 0) is 24.6 Å². The smallest absolute Gasteiger partial charge is 0.254 e. The SMILES string of the molecule is Cc1ccc(C(=O)N2CCOCC2)cc1NI. The first kappa shape index (κ1) is 12.6. The summed E-state index contributed by atoms with van der Waals surface area (Å²) in [5, 5.41) is 0. The first-order chi connectivity index (χ1) is 8.22. The van der Waals surface area contributed by atoms with Crippen molar-refractivity contribution in [3.05, 3.63) is 29.3 Å². The summed E-state index contributed by atoms with van der Waals surface area (Å²) in [5.41, 5.74) is 2.86. The van der Waals surface area contributed by atoms with E-state index in [0.717, 1.165) is 16.8 Å². The molecule has 0 bridgehead atoms. The van der Waals surface area contributed by atoms with Crippen LogP contribution >= 0.6 is 22.9 Å². The lowest BCUT2D eigenvalue weighted by Gasteiger charge is -2.27. The number of amides is 1. The zero-order valence-corrected chi connectivity index (χ0v) is 11.9. The molecule has 92 valence electrons. The summed E-state index contributed by atoms with van der Waals surface area (Å²) < 4.78 is 8.31. The van der Waals surface area contributed by atoms with E-state index >= 15 is 0 Å². The molecule has 1 fully saturated rings. The van der Waals surface area contributed by atoms with Crippen LogP contribution in [0.2, 0.25) is 0 Å². The molecule has 5 heteroatoms. The molecule has 1 amide bonds. The first-order valence-corrected chi connectivity index (χ1v) is 6.64. The van der Waals surface area contributed by atoms with Crippen molar-refractivity contribution in [2.75, 3.05) is 29.8 Å². The predicted molar refractivity (Wildman–Crippen MR) is 75.5 cm³/mol. The molecule has 0 aliphatic carbocycles. The Morgan fingerprint density at radius 2 is 2.12 bits per heavy atom. The van der Waals surface area contributed by atoms with Crippen LogP contribution in [0.25, 0.3) is 0 Å². The highest BCUT2D eigenvalue weighted by Crippen LogP contribution is 2.19. The van der Waals surface area contributed by atoms with Crippen molar-refractivity contribution < 1.29 is 9.53 Å². The minimum atomic E-state index is 0.0844. The number of carbonyl (C=O) groups excluding carboxylic acids is 1. The lowest BCUT2D eigenvalue weighted by molar-refractivity contribution is 0.0303. The molecule has 0 spiro atoms. The average Bonchev–Trinajstić information content (AvgIpc) is 2.39. The Hall–Kier alpha value is -0.820. The van der Waals surface area contributed by atoms with Crippen molar-refractivity contribution in [1.82, 2.24) is 4.90 Å². The number of benzene rings is 1. The number of aryl methyl sites for hydroxylation is 1. The second-order valence-corrected chi connectivity index (χ2v) is 4.57. The Balaban J connectivity index is 2.18. The fourth-order valence-electron chi connectivity index (χ4n) is 1.81. The molecule has 17 heavy (non-hydrogen) atoms. The Labute approximate surface area is 115 Å². The standard InChI is InChI=1S/C12H15IN2O2/c1-9-2-3-10(8-11(9)14-13)12(16)15-4-6-17-7-5-15/h2-3,8,14H,4-7H2,1H3. The Morgan fingerprint density at radius 3 is 2.76 bits per heavy atom. The molecule has 0 atom stereocenters. The number of ether oxygens (including phenoxy) is 1. The zero-order chi connectivity index (χ0) is 12.3. The fourth-order valence-corrected chi connectivity index (χ4v) is 2.39. The lowest BCUT2D eigenvalue weighted by Crippen LogP contribution is -2.40. The molecule has 0 radical (unpaired) electrons. The number of anilines is 1. The van der Waals surface area contributed by atoms with Gasteiger partial charge < -0.3 is 13.2 Å². The van der Waals surface area contributed by atoms with Gasteiger partial charge in [0.1, 0.15) is 0 Å². The van der Waals surface area contributed by atoms with Gasteiger partial charge in [-0.1, -0.05) is 6.07 Å². The summed E-state index contributed by atoms with van der Waals surface area (Å²) in [5.74, 6) is 0.0844. The molecule has 2 rings (SSSR count). The number of nitrogens with zero attached hydrogens (tertiary/aromatic N) is 1. The van der Waals surface area contributed by atoms with E-state index < -0.39 is 0 Å². The van der Waals surface area contributed by atoms with Gasteiger partial charge in [-0.25, -0.2) is 0 Å². The van der Waals surface area contributed by atoms with Gasteiger partial charge in [-0.15, -0.1) is 0 Å². The summed E-state index contributed by atoms with van der Waals surface area (Å²) in [6, 6.07) is 5.75. The van der Waals surface area contributed by atoms with Gasteiger partial charge in [0.15, 0.2) is 0 Å². The number of halogens is 1. The van der Waals surface area contributed by atoms with Gasteiger partial charge in [-0.2, -0.15) is 0 Å². The maximum absolute atomic E-state index is 12.2. The molecule has 1 aliphatic rings. The molecule has 1 heterocycles. The highest BCUT2D eigenvalue weighted by molar-refractivity contribution is 14.1. The largest absolute Gasteiger partial charge is 0.378 e. The first-order valence-electron chi connectivity index (χ1n) is 5.56. The fraction of sp³-hybridized carbons (Fsp3) is 0.417. The monoisotopic (exact) mass is 346 g/mol. The summed E-state index contributed by atoms with van der Waals surface area (Å²) in [4.78, 5) is 14.1. The van der Waals surface area contributed by atoms with Crippen molar-refractivity contribution >= 4 is 34.5 Å².